The van der Waals surface area contributed by atoms with Crippen LogP contribution in [0.15, 0.2) is 24.3 Å². The van der Waals surface area contributed by atoms with Gasteiger partial charge in [0.1, 0.15) is 16.8 Å². The van der Waals surface area contributed by atoms with Gasteiger partial charge in [-0.2, -0.15) is 4.98 Å². The summed E-state index contributed by atoms with van der Waals surface area (Å²) in [6, 6.07) is 6.45. The fourth-order valence-electron chi connectivity index (χ4n) is 3.07. The molecule has 0 spiro atoms. The number of halogens is 2. The average Bonchev–Trinajstić information content (AvgIpc) is 3.01. The zero-order chi connectivity index (χ0) is 17.8. The lowest BCUT2D eigenvalue weighted by atomic mass is 10.1. The molecule has 1 fully saturated rings. The van der Waals surface area contributed by atoms with Gasteiger partial charge in [-0.3, -0.25) is 0 Å². The van der Waals surface area contributed by atoms with Crippen LogP contribution < -0.4 is 11.1 Å². The van der Waals surface area contributed by atoms with Gasteiger partial charge in [-0.25, -0.2) is 9.37 Å². The summed E-state index contributed by atoms with van der Waals surface area (Å²) in [6.45, 7) is 0.192. The first-order chi connectivity index (χ1) is 12.0. The highest BCUT2D eigenvalue weighted by Gasteiger charge is 2.25. The summed E-state index contributed by atoms with van der Waals surface area (Å²) >= 11 is 6.24. The monoisotopic (exact) mass is 362 g/mol. The first-order valence-corrected chi connectivity index (χ1v) is 8.57. The zero-order valence-electron chi connectivity index (χ0n) is 13.6. The summed E-state index contributed by atoms with van der Waals surface area (Å²) in [6.07, 6.45) is 6.28. The molecule has 0 aliphatic heterocycles. The highest BCUT2D eigenvalue weighted by Crippen LogP contribution is 2.31. The molecule has 0 unspecified atom stereocenters. The van der Waals surface area contributed by atoms with Crippen molar-refractivity contribution in [3.05, 3.63) is 46.4 Å². The van der Waals surface area contributed by atoms with Gasteiger partial charge < -0.3 is 16.2 Å². The van der Waals surface area contributed by atoms with Crippen LogP contribution >= 0.6 is 11.6 Å². The number of rotatable bonds is 5. The van der Waals surface area contributed by atoms with E-state index in [4.69, 9.17) is 17.3 Å². The minimum Gasteiger partial charge on any atom is -0.396 e. The number of nitrogen functional groups attached to an aromatic ring is 1. The second kappa shape index (κ2) is 7.80. The van der Waals surface area contributed by atoms with E-state index in [1.807, 2.05) is 0 Å². The summed E-state index contributed by atoms with van der Waals surface area (Å²) in [4.78, 5) is 8.26. The van der Waals surface area contributed by atoms with E-state index in [9.17, 15) is 9.50 Å². The Bertz CT molecular complexity index is 784. The van der Waals surface area contributed by atoms with Crippen molar-refractivity contribution in [1.29, 1.82) is 0 Å². The summed E-state index contributed by atoms with van der Waals surface area (Å²) in [5.41, 5.74) is 7.04. The maximum atomic E-state index is 13.3. The molecule has 0 bridgehead atoms. The molecule has 2 atom stereocenters. The number of aromatic nitrogens is 2. The zero-order valence-corrected chi connectivity index (χ0v) is 14.4. The summed E-state index contributed by atoms with van der Waals surface area (Å²) in [5.74, 6) is 0.639. The minimum absolute atomic E-state index is 0.0899. The minimum atomic E-state index is -0.304. The summed E-state index contributed by atoms with van der Waals surface area (Å²) in [5, 5.41) is 12.9. The number of benzene rings is 1. The van der Waals surface area contributed by atoms with Crippen molar-refractivity contribution in [3.8, 4) is 0 Å². The lowest BCUT2D eigenvalue weighted by Gasteiger charge is -2.16. The van der Waals surface area contributed by atoms with Gasteiger partial charge in [-0.15, -0.1) is 0 Å². The number of hydrogen-bond donors (Lipinski definition) is 3. The SMILES string of the molecule is Nc1nc(Cl)c(/C=C/c2cccc(F)c2)c(N[C@H]2CC[C@@H](CO)C2)n1. The van der Waals surface area contributed by atoms with Crippen LogP contribution in [0, 0.1) is 11.7 Å². The van der Waals surface area contributed by atoms with Crippen LogP contribution in [0.5, 0.6) is 0 Å². The van der Waals surface area contributed by atoms with Crippen molar-refractivity contribution < 1.29 is 9.50 Å². The van der Waals surface area contributed by atoms with Gasteiger partial charge in [0.15, 0.2) is 0 Å². The van der Waals surface area contributed by atoms with Crippen LogP contribution in [0.3, 0.4) is 0 Å². The maximum Gasteiger partial charge on any atom is 0.223 e. The molecule has 5 nitrogen and oxygen atoms in total. The number of aliphatic hydroxyl groups excluding tert-OH is 1. The number of hydrogen-bond acceptors (Lipinski definition) is 5. The van der Waals surface area contributed by atoms with E-state index in [-0.39, 0.29) is 29.6 Å². The number of nitrogens with two attached hydrogens (primary N) is 1. The van der Waals surface area contributed by atoms with Crippen LogP contribution in [-0.4, -0.2) is 27.7 Å². The van der Waals surface area contributed by atoms with Crippen molar-refractivity contribution in [2.45, 2.75) is 25.3 Å². The molecule has 0 radical (unpaired) electrons. The van der Waals surface area contributed by atoms with E-state index in [0.717, 1.165) is 19.3 Å². The highest BCUT2D eigenvalue weighted by molar-refractivity contribution is 6.31. The molecule has 1 aliphatic rings. The maximum absolute atomic E-state index is 13.3. The van der Waals surface area contributed by atoms with Gasteiger partial charge in [0.05, 0.1) is 5.56 Å². The second-order valence-electron chi connectivity index (χ2n) is 6.23. The molecule has 0 amide bonds. The third-order valence-electron chi connectivity index (χ3n) is 4.35. The van der Waals surface area contributed by atoms with Crippen LogP contribution in [0.4, 0.5) is 16.2 Å². The molecule has 25 heavy (non-hydrogen) atoms. The number of nitrogens with one attached hydrogen (secondary N) is 1. The molecule has 132 valence electrons. The third-order valence-corrected chi connectivity index (χ3v) is 4.64. The van der Waals surface area contributed by atoms with E-state index < -0.39 is 0 Å². The molecule has 1 aromatic carbocycles. The predicted molar refractivity (Wildman–Crippen MR) is 98.6 cm³/mol. The quantitative estimate of drug-likeness (QED) is 0.708. The first kappa shape index (κ1) is 17.6. The molecule has 3 rings (SSSR count). The Morgan fingerprint density at radius 3 is 2.88 bits per heavy atom. The van der Waals surface area contributed by atoms with E-state index in [2.05, 4.69) is 15.3 Å². The Hall–Kier alpha value is -2.18. The van der Waals surface area contributed by atoms with E-state index in [0.29, 0.717) is 22.9 Å². The molecular weight excluding hydrogens is 343 g/mol. The van der Waals surface area contributed by atoms with Crippen molar-refractivity contribution in [1.82, 2.24) is 9.97 Å². The van der Waals surface area contributed by atoms with Gasteiger partial charge in [0.2, 0.25) is 5.95 Å². The largest absolute Gasteiger partial charge is 0.396 e. The molecular formula is C18H20ClFN4O. The number of aliphatic hydroxyl groups is 1. The Labute approximate surface area is 150 Å². The van der Waals surface area contributed by atoms with Crippen molar-refractivity contribution in [3.63, 3.8) is 0 Å². The Kier molecular flexibility index (Phi) is 5.50. The smallest absolute Gasteiger partial charge is 0.223 e. The number of nitrogens with zero attached hydrogens (tertiary/aromatic N) is 2. The van der Waals surface area contributed by atoms with Gasteiger partial charge in [-0.05, 0) is 49.0 Å². The predicted octanol–water partition coefficient (Wildman–Crippen LogP) is 3.59. The third kappa shape index (κ3) is 4.46. The molecule has 1 aromatic heterocycles. The molecule has 1 saturated carbocycles. The fraction of sp³-hybridized carbons (Fsp3) is 0.333. The van der Waals surface area contributed by atoms with E-state index >= 15 is 0 Å². The van der Waals surface area contributed by atoms with Crippen LogP contribution in [0.1, 0.15) is 30.4 Å². The Morgan fingerprint density at radius 2 is 2.16 bits per heavy atom. The molecule has 7 heteroatoms. The average molecular weight is 363 g/mol. The van der Waals surface area contributed by atoms with Gasteiger partial charge >= 0.3 is 0 Å². The molecule has 0 saturated heterocycles. The van der Waals surface area contributed by atoms with Gasteiger partial charge in [0.25, 0.3) is 0 Å². The molecule has 1 aliphatic carbocycles. The van der Waals surface area contributed by atoms with Crippen LogP contribution in [-0.2, 0) is 0 Å². The lowest BCUT2D eigenvalue weighted by molar-refractivity contribution is 0.229. The second-order valence-corrected chi connectivity index (χ2v) is 6.58. The standard InChI is InChI=1S/C18H20ClFN4O/c19-16-15(7-5-11-2-1-3-13(20)8-11)17(24-18(21)23-16)22-14-6-4-12(9-14)10-25/h1-3,5,7-8,12,14,25H,4,6,9-10H2,(H3,21,22,23,24)/b7-5+/t12-,14+/m1/s1. The lowest BCUT2D eigenvalue weighted by Crippen LogP contribution is -2.18. The highest BCUT2D eigenvalue weighted by atomic mass is 35.5. The van der Waals surface area contributed by atoms with Gasteiger partial charge in [-0.1, -0.05) is 29.8 Å². The van der Waals surface area contributed by atoms with Crippen LogP contribution in [0.25, 0.3) is 12.2 Å². The van der Waals surface area contributed by atoms with E-state index in [1.54, 1.807) is 24.3 Å². The van der Waals surface area contributed by atoms with Crippen LogP contribution in [0.2, 0.25) is 5.15 Å². The van der Waals surface area contributed by atoms with Gasteiger partial charge in [0, 0.05) is 12.6 Å². The fourth-order valence-corrected chi connectivity index (χ4v) is 3.31. The van der Waals surface area contributed by atoms with Crippen molar-refractivity contribution in [2.24, 2.45) is 5.92 Å². The normalized spacial score (nSPS) is 20.3. The first-order valence-electron chi connectivity index (χ1n) is 8.19. The van der Waals surface area contributed by atoms with Crippen molar-refractivity contribution in [2.75, 3.05) is 17.7 Å². The summed E-state index contributed by atoms with van der Waals surface area (Å²) in [7, 11) is 0. The molecule has 1 heterocycles. The topological polar surface area (TPSA) is 84.1 Å². The Morgan fingerprint density at radius 1 is 1.32 bits per heavy atom. The molecule has 4 N–H and O–H groups in total. The van der Waals surface area contributed by atoms with Crippen molar-refractivity contribution >= 4 is 35.5 Å². The van der Waals surface area contributed by atoms with E-state index in [1.165, 1.54) is 12.1 Å². The Balaban J connectivity index is 1.85. The summed E-state index contributed by atoms with van der Waals surface area (Å²) < 4.78 is 13.3. The number of anilines is 2. The molecule has 2 aromatic rings.